The molecule has 0 aliphatic heterocycles. The van der Waals surface area contributed by atoms with E-state index in [0.717, 1.165) is 16.9 Å². The molecule has 2 heterocycles. The molecule has 3 rings (SSSR count). The Hall–Kier alpha value is -3.74. The van der Waals surface area contributed by atoms with E-state index >= 15 is 0 Å². The number of hydrogen-bond donors (Lipinski definition) is 2. The quantitative estimate of drug-likeness (QED) is 0.660. The summed E-state index contributed by atoms with van der Waals surface area (Å²) in [4.78, 5) is 32.8. The minimum Gasteiger partial charge on any atom is -0.497 e. The van der Waals surface area contributed by atoms with Crippen molar-refractivity contribution >= 4 is 11.8 Å². The van der Waals surface area contributed by atoms with E-state index < -0.39 is 0 Å². The van der Waals surface area contributed by atoms with Gasteiger partial charge in [-0.25, -0.2) is 0 Å². The normalized spacial score (nSPS) is 10.2. The Balaban J connectivity index is 1.58. The Morgan fingerprint density at radius 3 is 2.39 bits per heavy atom. The molecule has 3 aromatic rings. The highest BCUT2D eigenvalue weighted by Crippen LogP contribution is 2.11. The first kappa shape index (κ1) is 19.0. The average molecular weight is 376 g/mol. The highest BCUT2D eigenvalue weighted by Gasteiger charge is 2.12. The number of aromatic nitrogens is 2. The summed E-state index contributed by atoms with van der Waals surface area (Å²) in [5, 5.41) is 5.59. The standard InChI is InChI=1S/C21H20N4O3/c1-28-18-6-4-15(5-7-18)13-25-21(27)19-11-17(8-10-23-19)20(26)24-14-16-3-2-9-22-12-16/h2-12H,13-14H2,1H3,(H,24,26)(H,25,27). The van der Waals surface area contributed by atoms with E-state index in [1.54, 1.807) is 31.6 Å². The number of methoxy groups -OCH3 is 1. The number of ether oxygens (including phenoxy) is 1. The number of amides is 2. The number of pyridine rings is 2. The van der Waals surface area contributed by atoms with Gasteiger partial charge in [0, 0.05) is 37.2 Å². The third-order valence-electron chi connectivity index (χ3n) is 4.04. The van der Waals surface area contributed by atoms with Gasteiger partial charge in [-0.15, -0.1) is 0 Å². The lowest BCUT2D eigenvalue weighted by molar-refractivity contribution is 0.0946. The Labute approximate surface area is 162 Å². The van der Waals surface area contributed by atoms with E-state index in [2.05, 4.69) is 20.6 Å². The van der Waals surface area contributed by atoms with Gasteiger partial charge in [-0.05, 0) is 41.5 Å². The molecule has 0 atom stereocenters. The van der Waals surface area contributed by atoms with Gasteiger partial charge in [-0.1, -0.05) is 18.2 Å². The van der Waals surface area contributed by atoms with Crippen LogP contribution in [0.15, 0.2) is 67.1 Å². The van der Waals surface area contributed by atoms with E-state index in [1.165, 1.54) is 12.3 Å². The van der Waals surface area contributed by atoms with Crippen molar-refractivity contribution in [2.45, 2.75) is 13.1 Å². The third-order valence-corrected chi connectivity index (χ3v) is 4.04. The van der Waals surface area contributed by atoms with Crippen molar-refractivity contribution < 1.29 is 14.3 Å². The van der Waals surface area contributed by atoms with Crippen molar-refractivity contribution in [3.8, 4) is 5.75 Å². The molecule has 0 bridgehead atoms. The molecule has 0 radical (unpaired) electrons. The average Bonchev–Trinajstić information content (AvgIpc) is 2.77. The van der Waals surface area contributed by atoms with Gasteiger partial charge < -0.3 is 15.4 Å². The van der Waals surface area contributed by atoms with Crippen LogP contribution in [-0.2, 0) is 13.1 Å². The molecule has 0 aliphatic carbocycles. The van der Waals surface area contributed by atoms with Gasteiger partial charge in [0.2, 0.25) is 0 Å². The van der Waals surface area contributed by atoms with Gasteiger partial charge >= 0.3 is 0 Å². The summed E-state index contributed by atoms with van der Waals surface area (Å²) in [5.74, 6) is 0.120. The topological polar surface area (TPSA) is 93.2 Å². The molecule has 0 saturated carbocycles. The first-order chi connectivity index (χ1) is 13.7. The number of nitrogens with one attached hydrogen (secondary N) is 2. The molecule has 0 saturated heterocycles. The molecule has 1 aromatic carbocycles. The van der Waals surface area contributed by atoms with Crippen LogP contribution in [0.4, 0.5) is 0 Å². The summed E-state index contributed by atoms with van der Waals surface area (Å²) >= 11 is 0. The second kappa shape index (κ2) is 9.27. The van der Waals surface area contributed by atoms with E-state index in [9.17, 15) is 9.59 Å². The van der Waals surface area contributed by atoms with Crippen LogP contribution >= 0.6 is 0 Å². The molecule has 2 aromatic heterocycles. The predicted octanol–water partition coefficient (Wildman–Crippen LogP) is 2.35. The first-order valence-electron chi connectivity index (χ1n) is 8.70. The fourth-order valence-electron chi connectivity index (χ4n) is 2.50. The number of nitrogens with zero attached hydrogens (tertiary/aromatic N) is 2. The lowest BCUT2D eigenvalue weighted by Crippen LogP contribution is -2.26. The lowest BCUT2D eigenvalue weighted by Gasteiger charge is -2.08. The minimum atomic E-state index is -0.349. The van der Waals surface area contributed by atoms with Gasteiger partial charge in [0.1, 0.15) is 11.4 Å². The highest BCUT2D eigenvalue weighted by atomic mass is 16.5. The van der Waals surface area contributed by atoms with Gasteiger partial charge in [0.25, 0.3) is 11.8 Å². The van der Waals surface area contributed by atoms with Crippen molar-refractivity contribution in [2.24, 2.45) is 0 Å². The van der Waals surface area contributed by atoms with E-state index in [0.29, 0.717) is 18.7 Å². The van der Waals surface area contributed by atoms with Crippen molar-refractivity contribution in [3.63, 3.8) is 0 Å². The summed E-state index contributed by atoms with van der Waals surface area (Å²) in [6.07, 6.45) is 4.80. The highest BCUT2D eigenvalue weighted by molar-refractivity contribution is 5.98. The zero-order chi connectivity index (χ0) is 19.8. The van der Waals surface area contributed by atoms with Crippen LogP contribution in [0.1, 0.15) is 32.0 Å². The molecule has 0 spiro atoms. The summed E-state index contributed by atoms with van der Waals surface area (Å²) in [6, 6.07) is 14.1. The fraction of sp³-hybridized carbons (Fsp3) is 0.143. The maximum atomic E-state index is 12.4. The molecular weight excluding hydrogens is 356 g/mol. The number of benzene rings is 1. The molecule has 28 heavy (non-hydrogen) atoms. The number of carbonyl (C=O) groups excluding carboxylic acids is 2. The van der Waals surface area contributed by atoms with Crippen LogP contribution in [0.25, 0.3) is 0 Å². The zero-order valence-electron chi connectivity index (χ0n) is 15.4. The van der Waals surface area contributed by atoms with Gasteiger partial charge in [0.05, 0.1) is 7.11 Å². The molecule has 142 valence electrons. The van der Waals surface area contributed by atoms with Crippen LogP contribution in [-0.4, -0.2) is 28.9 Å². The van der Waals surface area contributed by atoms with Crippen LogP contribution in [0, 0.1) is 0 Å². The lowest BCUT2D eigenvalue weighted by atomic mass is 10.2. The summed E-state index contributed by atoms with van der Waals surface area (Å²) in [5.41, 5.74) is 2.37. The number of carbonyl (C=O) groups is 2. The van der Waals surface area contributed by atoms with Gasteiger partial charge in [-0.2, -0.15) is 0 Å². The van der Waals surface area contributed by atoms with Crippen LogP contribution in [0.3, 0.4) is 0 Å². The van der Waals surface area contributed by atoms with Gasteiger partial charge in [-0.3, -0.25) is 19.6 Å². The smallest absolute Gasteiger partial charge is 0.270 e. The van der Waals surface area contributed by atoms with Crippen LogP contribution in [0.2, 0.25) is 0 Å². The molecule has 7 nitrogen and oxygen atoms in total. The predicted molar refractivity (Wildman–Crippen MR) is 104 cm³/mol. The summed E-state index contributed by atoms with van der Waals surface area (Å²) in [6.45, 7) is 0.704. The second-order valence-electron chi connectivity index (χ2n) is 6.00. The third kappa shape index (κ3) is 5.14. The van der Waals surface area contributed by atoms with E-state index in [4.69, 9.17) is 4.74 Å². The van der Waals surface area contributed by atoms with Crippen molar-refractivity contribution in [1.29, 1.82) is 0 Å². The maximum Gasteiger partial charge on any atom is 0.270 e. The molecule has 0 aliphatic rings. The van der Waals surface area contributed by atoms with Crippen molar-refractivity contribution in [2.75, 3.05) is 7.11 Å². The largest absolute Gasteiger partial charge is 0.497 e. The Morgan fingerprint density at radius 1 is 0.929 bits per heavy atom. The van der Waals surface area contributed by atoms with Crippen molar-refractivity contribution in [3.05, 3.63) is 89.5 Å². The molecule has 0 unspecified atom stereocenters. The summed E-state index contributed by atoms with van der Waals surface area (Å²) < 4.78 is 5.11. The summed E-state index contributed by atoms with van der Waals surface area (Å²) in [7, 11) is 1.60. The zero-order valence-corrected chi connectivity index (χ0v) is 15.4. The van der Waals surface area contributed by atoms with Crippen LogP contribution < -0.4 is 15.4 Å². The number of rotatable bonds is 7. The SMILES string of the molecule is COc1ccc(CNC(=O)c2cc(C(=O)NCc3cccnc3)ccn2)cc1. The van der Waals surface area contributed by atoms with Crippen molar-refractivity contribution in [1.82, 2.24) is 20.6 Å². The molecular formula is C21H20N4O3. The number of hydrogen-bond acceptors (Lipinski definition) is 5. The van der Waals surface area contributed by atoms with Gasteiger partial charge in [0.15, 0.2) is 0 Å². The van der Waals surface area contributed by atoms with E-state index in [-0.39, 0.29) is 17.5 Å². The Bertz CT molecular complexity index is 943. The fourth-order valence-corrected chi connectivity index (χ4v) is 2.50. The maximum absolute atomic E-state index is 12.4. The molecule has 0 fully saturated rings. The minimum absolute atomic E-state index is 0.183. The van der Waals surface area contributed by atoms with Crippen LogP contribution in [0.5, 0.6) is 5.75 Å². The molecule has 2 amide bonds. The molecule has 7 heteroatoms. The Kier molecular flexibility index (Phi) is 6.30. The second-order valence-corrected chi connectivity index (χ2v) is 6.00. The Morgan fingerprint density at radius 2 is 1.68 bits per heavy atom. The first-order valence-corrected chi connectivity index (χ1v) is 8.70. The van der Waals surface area contributed by atoms with E-state index in [1.807, 2.05) is 30.3 Å². The monoisotopic (exact) mass is 376 g/mol. The molecule has 2 N–H and O–H groups in total.